The SMILES string of the molecule is O=Cc1c(O)cccc1/C=C/C=C/C(=O)O. The number of allylic oxidation sites excluding steroid dienone is 2. The van der Waals surface area contributed by atoms with Crippen LogP contribution in [-0.4, -0.2) is 22.5 Å². The summed E-state index contributed by atoms with van der Waals surface area (Å²) in [5, 5.41) is 17.7. The summed E-state index contributed by atoms with van der Waals surface area (Å²) in [6.45, 7) is 0. The first kappa shape index (κ1) is 11.7. The van der Waals surface area contributed by atoms with Crippen molar-refractivity contribution >= 4 is 18.3 Å². The zero-order valence-electron chi connectivity index (χ0n) is 8.33. The minimum Gasteiger partial charge on any atom is -0.507 e. The van der Waals surface area contributed by atoms with Crippen molar-refractivity contribution in [1.82, 2.24) is 0 Å². The van der Waals surface area contributed by atoms with Crippen LogP contribution in [0, 0.1) is 0 Å². The first-order valence-electron chi connectivity index (χ1n) is 4.50. The van der Waals surface area contributed by atoms with Gasteiger partial charge in [0.2, 0.25) is 0 Å². The van der Waals surface area contributed by atoms with E-state index in [1.807, 2.05) is 0 Å². The molecule has 1 aromatic carbocycles. The van der Waals surface area contributed by atoms with E-state index in [1.54, 1.807) is 18.2 Å². The molecule has 0 aromatic heterocycles. The second-order valence-corrected chi connectivity index (χ2v) is 2.95. The first-order valence-corrected chi connectivity index (χ1v) is 4.50. The van der Waals surface area contributed by atoms with E-state index in [9.17, 15) is 14.7 Å². The third kappa shape index (κ3) is 3.09. The summed E-state index contributed by atoms with van der Waals surface area (Å²) in [5.41, 5.74) is 0.715. The van der Waals surface area contributed by atoms with E-state index in [0.717, 1.165) is 6.08 Å². The van der Waals surface area contributed by atoms with Crippen LogP contribution < -0.4 is 0 Å². The predicted molar refractivity (Wildman–Crippen MR) is 59.3 cm³/mol. The molecule has 0 aliphatic heterocycles. The van der Waals surface area contributed by atoms with E-state index < -0.39 is 5.97 Å². The molecule has 0 amide bonds. The van der Waals surface area contributed by atoms with Gasteiger partial charge in [0.1, 0.15) is 5.75 Å². The van der Waals surface area contributed by atoms with Crippen molar-refractivity contribution in [2.75, 3.05) is 0 Å². The van der Waals surface area contributed by atoms with Crippen LogP contribution in [0.2, 0.25) is 0 Å². The van der Waals surface area contributed by atoms with Gasteiger partial charge in [-0.25, -0.2) is 4.79 Å². The number of phenolic OH excluding ortho intramolecular Hbond substituents is 1. The van der Waals surface area contributed by atoms with Gasteiger partial charge in [0.25, 0.3) is 0 Å². The van der Waals surface area contributed by atoms with Crippen LogP contribution in [0.4, 0.5) is 0 Å². The number of aldehydes is 1. The predicted octanol–water partition coefficient (Wildman–Crippen LogP) is 1.86. The molecule has 0 aliphatic carbocycles. The minimum absolute atomic E-state index is 0.0978. The third-order valence-electron chi connectivity index (χ3n) is 1.86. The summed E-state index contributed by atoms with van der Waals surface area (Å²) in [5.74, 6) is -1.14. The van der Waals surface area contributed by atoms with Crippen molar-refractivity contribution in [1.29, 1.82) is 0 Å². The second kappa shape index (κ2) is 5.50. The summed E-state index contributed by atoms with van der Waals surface area (Å²) >= 11 is 0. The number of carboxylic acid groups (broad SMARTS) is 1. The Morgan fingerprint density at radius 3 is 2.62 bits per heavy atom. The smallest absolute Gasteiger partial charge is 0.328 e. The fourth-order valence-electron chi connectivity index (χ4n) is 1.14. The number of carbonyl (C=O) groups excluding carboxylic acids is 1. The van der Waals surface area contributed by atoms with Crippen molar-refractivity contribution in [3.05, 3.63) is 47.6 Å². The van der Waals surface area contributed by atoms with Gasteiger partial charge >= 0.3 is 5.97 Å². The first-order chi connectivity index (χ1) is 7.65. The van der Waals surface area contributed by atoms with Crippen LogP contribution in [0.25, 0.3) is 6.08 Å². The average molecular weight is 218 g/mol. The van der Waals surface area contributed by atoms with E-state index in [1.165, 1.54) is 18.2 Å². The summed E-state index contributed by atoms with van der Waals surface area (Å²) in [4.78, 5) is 20.9. The van der Waals surface area contributed by atoms with E-state index in [4.69, 9.17) is 5.11 Å². The highest BCUT2D eigenvalue weighted by Gasteiger charge is 2.02. The molecule has 1 rings (SSSR count). The lowest BCUT2D eigenvalue weighted by Crippen LogP contribution is -1.86. The van der Waals surface area contributed by atoms with Gasteiger partial charge in [0, 0.05) is 6.08 Å². The molecule has 0 saturated carbocycles. The molecule has 0 unspecified atom stereocenters. The van der Waals surface area contributed by atoms with Crippen LogP contribution in [-0.2, 0) is 4.79 Å². The molecule has 16 heavy (non-hydrogen) atoms. The molecule has 0 bridgehead atoms. The lowest BCUT2D eigenvalue weighted by Gasteiger charge is -2.00. The summed E-state index contributed by atoms with van der Waals surface area (Å²) in [7, 11) is 0. The Kier molecular flexibility index (Phi) is 4.03. The molecule has 2 N–H and O–H groups in total. The Morgan fingerprint density at radius 1 is 1.25 bits per heavy atom. The largest absolute Gasteiger partial charge is 0.507 e. The number of aliphatic carboxylic acids is 1. The molecule has 0 heterocycles. The Labute approximate surface area is 92.2 Å². The molecule has 4 heteroatoms. The van der Waals surface area contributed by atoms with Crippen molar-refractivity contribution in [3.63, 3.8) is 0 Å². The molecular formula is C12H10O4. The van der Waals surface area contributed by atoms with Crippen molar-refractivity contribution in [3.8, 4) is 5.75 Å². The molecule has 1 aromatic rings. The van der Waals surface area contributed by atoms with Crippen LogP contribution in [0.1, 0.15) is 15.9 Å². The van der Waals surface area contributed by atoms with Gasteiger partial charge in [0.05, 0.1) is 5.56 Å². The van der Waals surface area contributed by atoms with Gasteiger partial charge < -0.3 is 10.2 Å². The molecule has 4 nitrogen and oxygen atoms in total. The standard InChI is InChI=1S/C12H10O4/c13-8-10-9(5-3-6-11(10)14)4-1-2-7-12(15)16/h1-8,14H,(H,15,16)/b4-1+,7-2+. The highest BCUT2D eigenvalue weighted by molar-refractivity contribution is 5.86. The molecule has 0 atom stereocenters. The maximum Gasteiger partial charge on any atom is 0.328 e. The molecular weight excluding hydrogens is 208 g/mol. The van der Waals surface area contributed by atoms with Gasteiger partial charge in [0.15, 0.2) is 6.29 Å². The molecule has 0 aliphatic rings. The van der Waals surface area contributed by atoms with Gasteiger partial charge in [-0.1, -0.05) is 30.4 Å². The Hall–Kier alpha value is -2.36. The lowest BCUT2D eigenvalue weighted by molar-refractivity contribution is -0.131. The van der Waals surface area contributed by atoms with E-state index in [-0.39, 0.29) is 11.3 Å². The number of phenols is 1. The Bertz CT molecular complexity index is 458. The van der Waals surface area contributed by atoms with Gasteiger partial charge in [-0.15, -0.1) is 0 Å². The van der Waals surface area contributed by atoms with E-state index in [0.29, 0.717) is 11.8 Å². The maximum atomic E-state index is 10.7. The molecule has 0 spiro atoms. The number of carbonyl (C=O) groups is 2. The van der Waals surface area contributed by atoms with E-state index >= 15 is 0 Å². The number of benzene rings is 1. The Balaban J connectivity index is 2.93. The summed E-state index contributed by atoms with van der Waals surface area (Å²) in [6, 6.07) is 4.66. The monoisotopic (exact) mass is 218 g/mol. The fraction of sp³-hybridized carbons (Fsp3) is 0. The normalized spacial score (nSPS) is 11.0. The molecule has 0 fully saturated rings. The summed E-state index contributed by atoms with van der Waals surface area (Å²) in [6.07, 6.45) is 5.88. The van der Waals surface area contributed by atoms with Crippen molar-refractivity contribution in [2.24, 2.45) is 0 Å². The van der Waals surface area contributed by atoms with Crippen LogP contribution in [0.15, 0.2) is 36.4 Å². The zero-order chi connectivity index (χ0) is 12.0. The van der Waals surface area contributed by atoms with Gasteiger partial charge in [-0.05, 0) is 11.6 Å². The average Bonchev–Trinajstić information content (AvgIpc) is 2.24. The van der Waals surface area contributed by atoms with Gasteiger partial charge in [-0.3, -0.25) is 4.79 Å². The quantitative estimate of drug-likeness (QED) is 0.459. The highest BCUT2D eigenvalue weighted by atomic mass is 16.4. The zero-order valence-corrected chi connectivity index (χ0v) is 8.33. The van der Waals surface area contributed by atoms with E-state index in [2.05, 4.69) is 0 Å². The fourth-order valence-corrected chi connectivity index (χ4v) is 1.14. The maximum absolute atomic E-state index is 10.7. The second-order valence-electron chi connectivity index (χ2n) is 2.95. The number of aromatic hydroxyl groups is 1. The van der Waals surface area contributed by atoms with Crippen LogP contribution >= 0.6 is 0 Å². The molecule has 82 valence electrons. The van der Waals surface area contributed by atoms with Crippen LogP contribution in [0.5, 0.6) is 5.75 Å². The summed E-state index contributed by atoms with van der Waals surface area (Å²) < 4.78 is 0. The van der Waals surface area contributed by atoms with Crippen molar-refractivity contribution < 1.29 is 19.8 Å². The Morgan fingerprint density at radius 2 is 2.00 bits per heavy atom. The molecule has 0 saturated heterocycles. The number of hydrogen-bond donors (Lipinski definition) is 2. The highest BCUT2D eigenvalue weighted by Crippen LogP contribution is 2.19. The molecule has 0 radical (unpaired) electrons. The topological polar surface area (TPSA) is 74.6 Å². The van der Waals surface area contributed by atoms with Crippen molar-refractivity contribution in [2.45, 2.75) is 0 Å². The minimum atomic E-state index is -1.05. The number of rotatable bonds is 4. The third-order valence-corrected chi connectivity index (χ3v) is 1.86. The van der Waals surface area contributed by atoms with Crippen LogP contribution in [0.3, 0.4) is 0 Å². The van der Waals surface area contributed by atoms with Gasteiger partial charge in [-0.2, -0.15) is 0 Å². The number of carboxylic acids is 1. The lowest BCUT2D eigenvalue weighted by atomic mass is 10.1. The number of hydrogen-bond acceptors (Lipinski definition) is 3.